The van der Waals surface area contributed by atoms with Crippen molar-refractivity contribution in [2.45, 2.75) is 62.7 Å². The Morgan fingerprint density at radius 3 is 2.53 bits per heavy atom. The fourth-order valence-corrected chi connectivity index (χ4v) is 5.17. The number of anilines is 1. The number of halogens is 1. The molecule has 2 heterocycles. The maximum absolute atomic E-state index is 11.8. The number of carbonyl (C=O) groups excluding carboxylic acids is 2. The summed E-state index contributed by atoms with van der Waals surface area (Å²) in [5.41, 5.74) is 2.29. The Balaban J connectivity index is 1.92. The minimum absolute atomic E-state index is 0.162. The summed E-state index contributed by atoms with van der Waals surface area (Å²) in [5, 5.41) is 4.79. The molecule has 36 heavy (non-hydrogen) atoms. The second-order valence-corrected chi connectivity index (χ2v) is 10.3. The van der Waals surface area contributed by atoms with Gasteiger partial charge in [-0.25, -0.2) is 9.97 Å². The molecule has 12 heteroatoms. The van der Waals surface area contributed by atoms with E-state index in [1.807, 2.05) is 28.8 Å². The molecule has 194 valence electrons. The van der Waals surface area contributed by atoms with Gasteiger partial charge in [-0.2, -0.15) is 4.98 Å². The van der Waals surface area contributed by atoms with Gasteiger partial charge in [0.25, 0.3) is 0 Å². The molecule has 9 nitrogen and oxygen atoms in total. The number of unbranched alkanes of at least 4 members (excludes halogenated alkanes) is 2. The first-order valence-corrected chi connectivity index (χ1v) is 14.0. The highest BCUT2D eigenvalue weighted by Gasteiger charge is 2.19. The molecule has 0 aliphatic carbocycles. The molecule has 1 aromatic carbocycles. The van der Waals surface area contributed by atoms with Gasteiger partial charge >= 0.3 is 5.97 Å². The third kappa shape index (κ3) is 8.65. The molecule has 0 saturated heterocycles. The van der Waals surface area contributed by atoms with Crippen molar-refractivity contribution < 1.29 is 19.1 Å². The van der Waals surface area contributed by atoms with Gasteiger partial charge in [0.15, 0.2) is 10.8 Å². The smallest absolute Gasteiger partial charge is 0.302 e. The molecule has 0 aliphatic rings. The number of nitrogens with one attached hydrogen (secondary N) is 1. The Hall–Kier alpha value is -2.34. The number of imidazole rings is 1. The molecule has 2 aromatic heterocycles. The zero-order valence-electron chi connectivity index (χ0n) is 20.6. The van der Waals surface area contributed by atoms with Crippen LogP contribution >= 0.6 is 35.1 Å². The van der Waals surface area contributed by atoms with Gasteiger partial charge in [0, 0.05) is 30.4 Å². The molecule has 3 rings (SSSR count). The average molecular weight is 552 g/mol. The minimum atomic E-state index is -0.353. The van der Waals surface area contributed by atoms with Crippen LogP contribution in [0.2, 0.25) is 5.02 Å². The summed E-state index contributed by atoms with van der Waals surface area (Å²) in [6, 6.07) is 7.63. The predicted octanol–water partition coefficient (Wildman–Crippen LogP) is 5.55. The third-order valence-electron chi connectivity index (χ3n) is 4.84. The number of fused-ring (bicyclic) bond motifs is 1. The van der Waals surface area contributed by atoms with Gasteiger partial charge in [-0.1, -0.05) is 67.0 Å². The number of rotatable bonds is 14. The molecule has 0 radical (unpaired) electrons. The van der Waals surface area contributed by atoms with E-state index in [-0.39, 0.29) is 37.8 Å². The summed E-state index contributed by atoms with van der Waals surface area (Å²) in [6.45, 7) is 5.51. The zero-order chi connectivity index (χ0) is 25.9. The average Bonchev–Trinajstić information content (AvgIpc) is 3.18. The van der Waals surface area contributed by atoms with Crippen molar-refractivity contribution >= 4 is 64.1 Å². The maximum atomic E-state index is 11.8. The molecule has 0 spiro atoms. The number of benzene rings is 1. The number of amides is 1. The van der Waals surface area contributed by atoms with Gasteiger partial charge in [0.05, 0.1) is 6.61 Å². The zero-order valence-corrected chi connectivity index (χ0v) is 23.0. The van der Waals surface area contributed by atoms with Crippen LogP contribution in [-0.4, -0.2) is 50.4 Å². The number of hydrogen-bond acceptors (Lipinski definition) is 9. The molecule has 1 amide bonds. The van der Waals surface area contributed by atoms with E-state index in [2.05, 4.69) is 22.2 Å². The van der Waals surface area contributed by atoms with Crippen molar-refractivity contribution in [3.8, 4) is 0 Å². The topological polar surface area (TPSA) is 108 Å². The lowest BCUT2D eigenvalue weighted by molar-refractivity contribution is -0.142. The van der Waals surface area contributed by atoms with Gasteiger partial charge < -0.3 is 9.47 Å². The van der Waals surface area contributed by atoms with E-state index in [0.29, 0.717) is 27.0 Å². The van der Waals surface area contributed by atoms with Crippen molar-refractivity contribution in [1.29, 1.82) is 0 Å². The number of nitrogens with zero attached hydrogens (tertiary/aromatic N) is 4. The predicted molar refractivity (Wildman–Crippen MR) is 143 cm³/mol. The van der Waals surface area contributed by atoms with Crippen molar-refractivity contribution in [3.05, 3.63) is 34.9 Å². The standard InChI is InChI=1S/C24H30ClN5O4S2/c1-4-5-6-13-35-24-27-20-21(30(24)15-33-11-12-34-17(3)32)28-23(26-16(2)31)29-22(20)36-14-18-7-9-19(25)10-8-18/h7-10H,4-6,11-15H2,1-3H3,(H,26,28,29,31). The maximum Gasteiger partial charge on any atom is 0.302 e. The number of carbonyl (C=O) groups is 2. The Kier molecular flexibility index (Phi) is 11.3. The first-order valence-electron chi connectivity index (χ1n) is 11.6. The summed E-state index contributed by atoms with van der Waals surface area (Å²) >= 11 is 9.16. The molecule has 0 fully saturated rings. The van der Waals surface area contributed by atoms with Gasteiger partial charge in [0.1, 0.15) is 23.9 Å². The van der Waals surface area contributed by atoms with E-state index in [4.69, 9.17) is 26.1 Å². The Labute approximate surface area is 224 Å². The van der Waals surface area contributed by atoms with E-state index in [9.17, 15) is 9.59 Å². The van der Waals surface area contributed by atoms with Crippen LogP contribution in [0.1, 0.15) is 45.6 Å². The molecule has 0 unspecified atom stereocenters. The quantitative estimate of drug-likeness (QED) is 0.119. The minimum Gasteiger partial charge on any atom is -0.463 e. The lowest BCUT2D eigenvalue weighted by Gasteiger charge is -2.10. The van der Waals surface area contributed by atoms with Crippen LogP contribution in [0, 0.1) is 0 Å². The SMILES string of the molecule is CCCCCSc1nc2c(SCc3ccc(Cl)cc3)nc(NC(C)=O)nc2n1COCCOC(C)=O. The monoisotopic (exact) mass is 551 g/mol. The van der Waals surface area contributed by atoms with Crippen LogP contribution in [0.4, 0.5) is 5.95 Å². The van der Waals surface area contributed by atoms with Crippen molar-refractivity contribution in [2.75, 3.05) is 24.3 Å². The number of aromatic nitrogens is 4. The number of esters is 1. The second kappa shape index (κ2) is 14.4. The lowest BCUT2D eigenvalue weighted by Crippen LogP contribution is -2.13. The van der Waals surface area contributed by atoms with Crippen LogP contribution in [-0.2, 0) is 31.5 Å². The van der Waals surface area contributed by atoms with Crippen LogP contribution in [0.15, 0.2) is 34.4 Å². The summed E-state index contributed by atoms with van der Waals surface area (Å²) in [7, 11) is 0. The third-order valence-corrected chi connectivity index (χ3v) is 7.19. The van der Waals surface area contributed by atoms with Crippen molar-refractivity contribution in [2.24, 2.45) is 0 Å². The summed E-state index contributed by atoms with van der Waals surface area (Å²) in [5.74, 6) is 1.14. The van der Waals surface area contributed by atoms with E-state index in [1.54, 1.807) is 11.8 Å². The van der Waals surface area contributed by atoms with Gasteiger partial charge in [-0.15, -0.1) is 0 Å². The van der Waals surface area contributed by atoms with Crippen LogP contribution in [0.5, 0.6) is 0 Å². The van der Waals surface area contributed by atoms with E-state index >= 15 is 0 Å². The number of hydrogen-bond donors (Lipinski definition) is 1. The second-order valence-electron chi connectivity index (χ2n) is 7.88. The molecule has 0 bridgehead atoms. The van der Waals surface area contributed by atoms with Crippen LogP contribution < -0.4 is 5.32 Å². The first-order chi connectivity index (χ1) is 17.4. The molecule has 0 aliphatic heterocycles. The Morgan fingerprint density at radius 2 is 1.83 bits per heavy atom. The highest BCUT2D eigenvalue weighted by molar-refractivity contribution is 7.99. The van der Waals surface area contributed by atoms with Crippen molar-refractivity contribution in [3.63, 3.8) is 0 Å². The normalized spacial score (nSPS) is 11.1. The van der Waals surface area contributed by atoms with E-state index < -0.39 is 0 Å². The molecule has 3 aromatic rings. The summed E-state index contributed by atoms with van der Waals surface area (Å²) in [4.78, 5) is 36.8. The van der Waals surface area contributed by atoms with Gasteiger partial charge in [-0.05, 0) is 24.1 Å². The Bertz CT molecular complexity index is 1170. The lowest BCUT2D eigenvalue weighted by atomic mass is 10.2. The summed E-state index contributed by atoms with van der Waals surface area (Å²) < 4.78 is 12.6. The number of ether oxygens (including phenoxy) is 2. The Morgan fingerprint density at radius 1 is 1.06 bits per heavy atom. The van der Waals surface area contributed by atoms with Crippen LogP contribution in [0.3, 0.4) is 0 Å². The molecule has 0 saturated carbocycles. The van der Waals surface area contributed by atoms with Gasteiger partial charge in [0.2, 0.25) is 11.9 Å². The van der Waals surface area contributed by atoms with E-state index in [0.717, 1.165) is 35.7 Å². The highest BCUT2D eigenvalue weighted by atomic mass is 35.5. The molecule has 1 N–H and O–H groups in total. The molecular formula is C24H30ClN5O4S2. The van der Waals surface area contributed by atoms with E-state index in [1.165, 1.54) is 25.6 Å². The largest absolute Gasteiger partial charge is 0.463 e. The summed E-state index contributed by atoms with van der Waals surface area (Å²) in [6.07, 6.45) is 3.34. The molecular weight excluding hydrogens is 522 g/mol. The van der Waals surface area contributed by atoms with Crippen molar-refractivity contribution in [1.82, 2.24) is 19.5 Å². The van der Waals surface area contributed by atoms with Gasteiger partial charge in [-0.3, -0.25) is 19.5 Å². The van der Waals surface area contributed by atoms with Crippen LogP contribution in [0.25, 0.3) is 11.2 Å². The fourth-order valence-electron chi connectivity index (χ4n) is 3.14. The first kappa shape index (κ1) is 28.2. The highest BCUT2D eigenvalue weighted by Crippen LogP contribution is 2.32. The number of thioether (sulfide) groups is 2. The molecule has 0 atom stereocenters. The fraction of sp³-hybridized carbons (Fsp3) is 0.458.